The lowest BCUT2D eigenvalue weighted by molar-refractivity contribution is -0.117. The van der Waals surface area contributed by atoms with Gasteiger partial charge in [-0.15, -0.1) is 0 Å². The molecule has 2 aromatic carbocycles. The van der Waals surface area contributed by atoms with Crippen molar-refractivity contribution in [2.24, 2.45) is 0 Å². The minimum absolute atomic E-state index is 0.126. The van der Waals surface area contributed by atoms with E-state index in [1.54, 1.807) is 10.9 Å². The Hall–Kier alpha value is -4.24. The first-order valence-electron chi connectivity index (χ1n) is 14.2. The molecule has 5 heterocycles. The minimum Gasteiger partial charge on any atom is -0.324 e. The summed E-state index contributed by atoms with van der Waals surface area (Å²) in [7, 11) is 2.19. The largest absolute Gasteiger partial charge is 0.324 e. The zero-order chi connectivity index (χ0) is 27.0. The van der Waals surface area contributed by atoms with Crippen LogP contribution in [0.15, 0.2) is 59.5 Å². The number of anilines is 3. The molecule has 1 spiro atoms. The summed E-state index contributed by atoms with van der Waals surface area (Å²) < 4.78 is 3.57. The van der Waals surface area contributed by atoms with Gasteiger partial charge in [-0.3, -0.25) is 9.59 Å². The van der Waals surface area contributed by atoms with Gasteiger partial charge in [-0.1, -0.05) is 24.3 Å². The monoisotopic (exact) mass is 533 g/mol. The van der Waals surface area contributed by atoms with Crippen molar-refractivity contribution in [1.29, 1.82) is 0 Å². The van der Waals surface area contributed by atoms with Crippen LogP contribution in [0.1, 0.15) is 42.4 Å². The number of carbonyl (C=O) groups is 1. The molecular weight excluding hydrogens is 502 g/mol. The standard InChI is InChI=1S/C31H31N7O2/c1-35-18-21-14-22(7-9-25(21)31(19-35)10-11-31)33-30-32-17-24-28(34-30)38-23-8-6-20-15-27(39)36(26(20)16-23)12-4-2-3-5-13-37(38)29(24)40/h3,5-9,14,16-17H,2,4,10-13,15,18-19H2,1H3,(H,32,33,34). The lowest BCUT2D eigenvalue weighted by atomic mass is 9.87. The van der Waals surface area contributed by atoms with E-state index in [1.165, 1.54) is 24.0 Å². The fourth-order valence-corrected chi connectivity index (χ4v) is 6.87. The number of carbonyl (C=O) groups excluding carboxylic acids is 1. The van der Waals surface area contributed by atoms with E-state index in [0.29, 0.717) is 41.9 Å². The Morgan fingerprint density at radius 3 is 2.80 bits per heavy atom. The van der Waals surface area contributed by atoms with Crippen molar-refractivity contribution in [1.82, 2.24) is 24.2 Å². The number of amides is 1. The number of aromatic nitrogens is 4. The molecule has 0 unspecified atom stereocenters. The summed E-state index contributed by atoms with van der Waals surface area (Å²) in [5.74, 6) is 0.568. The highest BCUT2D eigenvalue weighted by atomic mass is 16.2. The van der Waals surface area contributed by atoms with Crippen LogP contribution in [0.25, 0.3) is 16.7 Å². The average Bonchev–Trinajstić information content (AvgIpc) is 3.54. The minimum atomic E-state index is -0.136. The molecule has 2 bridgehead atoms. The maximum atomic E-state index is 13.5. The Bertz CT molecular complexity index is 1800. The van der Waals surface area contributed by atoms with Crippen LogP contribution in [0.2, 0.25) is 0 Å². The third-order valence-electron chi connectivity index (χ3n) is 8.92. The third kappa shape index (κ3) is 3.64. The molecule has 0 radical (unpaired) electrons. The summed E-state index contributed by atoms with van der Waals surface area (Å²) >= 11 is 0. The van der Waals surface area contributed by atoms with Gasteiger partial charge in [0, 0.05) is 42.6 Å². The molecule has 8 rings (SSSR count). The first-order valence-corrected chi connectivity index (χ1v) is 14.2. The molecule has 1 fully saturated rings. The van der Waals surface area contributed by atoms with Gasteiger partial charge in [-0.05, 0) is 73.7 Å². The summed E-state index contributed by atoms with van der Waals surface area (Å²) in [6.45, 7) is 3.18. The Balaban J connectivity index is 1.23. The number of nitrogens with zero attached hydrogens (tertiary/aromatic N) is 6. The normalized spacial score (nSPS) is 19.3. The smallest absolute Gasteiger partial charge is 0.278 e. The molecule has 1 saturated carbocycles. The summed E-state index contributed by atoms with van der Waals surface area (Å²) in [5.41, 5.74) is 7.25. The van der Waals surface area contributed by atoms with Crippen LogP contribution in [0.3, 0.4) is 0 Å². The Morgan fingerprint density at radius 1 is 1.02 bits per heavy atom. The molecule has 0 atom stereocenters. The number of hydrogen-bond acceptors (Lipinski definition) is 6. The number of allylic oxidation sites excluding steroid dienone is 2. The highest BCUT2D eigenvalue weighted by molar-refractivity contribution is 6.01. The van der Waals surface area contributed by atoms with Crippen LogP contribution in [0.4, 0.5) is 17.3 Å². The van der Waals surface area contributed by atoms with Gasteiger partial charge >= 0.3 is 0 Å². The van der Waals surface area contributed by atoms with Crippen LogP contribution in [-0.4, -0.2) is 50.3 Å². The summed E-state index contributed by atoms with van der Waals surface area (Å²) in [6, 6.07) is 12.6. The van der Waals surface area contributed by atoms with Crippen LogP contribution < -0.4 is 15.8 Å². The van der Waals surface area contributed by atoms with E-state index in [1.807, 2.05) is 33.9 Å². The first-order chi connectivity index (χ1) is 19.5. The van der Waals surface area contributed by atoms with Gasteiger partial charge in [0.05, 0.1) is 18.7 Å². The molecular formula is C31H31N7O2. The van der Waals surface area contributed by atoms with Gasteiger partial charge in [0.25, 0.3) is 5.56 Å². The maximum Gasteiger partial charge on any atom is 0.278 e. The van der Waals surface area contributed by atoms with Gasteiger partial charge in [-0.25, -0.2) is 14.3 Å². The van der Waals surface area contributed by atoms with Crippen molar-refractivity contribution in [3.63, 3.8) is 0 Å². The van der Waals surface area contributed by atoms with Gasteiger partial charge < -0.3 is 15.1 Å². The predicted molar refractivity (Wildman–Crippen MR) is 155 cm³/mol. The molecule has 4 aromatic rings. The molecule has 40 heavy (non-hydrogen) atoms. The summed E-state index contributed by atoms with van der Waals surface area (Å²) in [6.07, 6.45) is 10.4. The zero-order valence-corrected chi connectivity index (χ0v) is 22.6. The van der Waals surface area contributed by atoms with Crippen LogP contribution in [0, 0.1) is 0 Å². The van der Waals surface area contributed by atoms with Gasteiger partial charge in [0.1, 0.15) is 5.39 Å². The number of hydrogen-bond donors (Lipinski definition) is 1. The number of benzene rings is 2. The second-order valence-electron chi connectivity index (χ2n) is 11.7. The zero-order valence-electron chi connectivity index (χ0n) is 22.6. The average molecular weight is 534 g/mol. The van der Waals surface area contributed by atoms with Gasteiger partial charge in [0.2, 0.25) is 11.9 Å². The molecule has 202 valence electrons. The van der Waals surface area contributed by atoms with E-state index in [2.05, 4.69) is 46.5 Å². The summed E-state index contributed by atoms with van der Waals surface area (Å²) in [4.78, 5) is 40.0. The SMILES string of the molecule is CN1Cc2cc(Nc3ncc4c(=O)n5n(c4n3)-c3ccc4c(c3)N(CCCC=CC5)C(=O)C4)ccc2C2(CC2)C1. The Morgan fingerprint density at radius 2 is 1.93 bits per heavy atom. The molecule has 9 nitrogen and oxygen atoms in total. The van der Waals surface area contributed by atoms with Crippen molar-refractivity contribution in [2.75, 3.05) is 30.4 Å². The number of rotatable bonds is 2. The van der Waals surface area contributed by atoms with Crippen LogP contribution >= 0.6 is 0 Å². The lowest BCUT2D eigenvalue weighted by Gasteiger charge is -2.32. The van der Waals surface area contributed by atoms with E-state index in [4.69, 9.17) is 4.98 Å². The van der Waals surface area contributed by atoms with Crippen LogP contribution in [-0.2, 0) is 29.7 Å². The van der Waals surface area contributed by atoms with Crippen molar-refractivity contribution >= 4 is 34.3 Å². The molecule has 1 amide bonds. The summed E-state index contributed by atoms with van der Waals surface area (Å²) in [5, 5.41) is 3.86. The Kier molecular flexibility index (Phi) is 5.10. The topological polar surface area (TPSA) is 88.3 Å². The van der Waals surface area contributed by atoms with E-state index in [-0.39, 0.29) is 11.5 Å². The molecule has 1 N–H and O–H groups in total. The molecule has 4 aliphatic rings. The second-order valence-corrected chi connectivity index (χ2v) is 11.7. The highest BCUT2D eigenvalue weighted by Crippen LogP contribution is 2.52. The third-order valence-corrected chi connectivity index (χ3v) is 8.92. The van der Waals surface area contributed by atoms with Gasteiger partial charge in [0.15, 0.2) is 5.65 Å². The number of fused-ring (bicyclic) bond motifs is 7. The molecule has 0 saturated heterocycles. The molecule has 2 aromatic heterocycles. The van der Waals surface area contributed by atoms with Crippen molar-refractivity contribution < 1.29 is 4.79 Å². The van der Waals surface area contributed by atoms with E-state index in [0.717, 1.165) is 48.6 Å². The molecule has 3 aliphatic heterocycles. The first kappa shape index (κ1) is 23.6. The van der Waals surface area contributed by atoms with Crippen LogP contribution in [0.5, 0.6) is 0 Å². The predicted octanol–water partition coefficient (Wildman–Crippen LogP) is 4.04. The Labute approximate surface area is 231 Å². The highest BCUT2D eigenvalue weighted by Gasteiger charge is 2.48. The number of nitrogens with one attached hydrogen (secondary N) is 1. The van der Waals surface area contributed by atoms with Crippen molar-refractivity contribution in [2.45, 2.75) is 50.6 Å². The number of likely N-dealkylation sites (N-methyl/N-ethyl adjacent to an activating group) is 1. The van der Waals surface area contributed by atoms with E-state index in [9.17, 15) is 9.59 Å². The van der Waals surface area contributed by atoms with E-state index >= 15 is 0 Å². The van der Waals surface area contributed by atoms with Crippen molar-refractivity contribution in [3.8, 4) is 5.69 Å². The van der Waals surface area contributed by atoms with Gasteiger partial charge in [-0.2, -0.15) is 4.98 Å². The fraction of sp³-hybridized carbons (Fsp3) is 0.355. The van der Waals surface area contributed by atoms with Crippen molar-refractivity contribution in [3.05, 3.63) is 81.8 Å². The van der Waals surface area contributed by atoms with E-state index < -0.39 is 0 Å². The fourth-order valence-electron chi connectivity index (χ4n) is 6.87. The quantitative estimate of drug-likeness (QED) is 0.392. The lowest BCUT2D eigenvalue weighted by Crippen LogP contribution is -2.35. The maximum absolute atomic E-state index is 13.5. The molecule has 9 heteroatoms. The second kappa shape index (κ2) is 8.63. The molecule has 1 aliphatic carbocycles.